The van der Waals surface area contributed by atoms with Gasteiger partial charge in [0.2, 0.25) is 0 Å². The third-order valence-electron chi connectivity index (χ3n) is 1.52. The fraction of sp³-hybridized carbons (Fsp3) is 0.250. The lowest BCUT2D eigenvalue weighted by Crippen LogP contribution is -2.15. The molecule has 0 aliphatic heterocycles. The van der Waals surface area contributed by atoms with Crippen LogP contribution in [0.5, 0.6) is 0 Å². The first-order chi connectivity index (χ1) is 6.05. The fourth-order valence-corrected chi connectivity index (χ4v) is 0.994. The number of hydrogen-bond acceptors (Lipinski definition) is 2. The first-order valence-electron chi connectivity index (χ1n) is 3.66. The van der Waals surface area contributed by atoms with E-state index in [-0.39, 0.29) is 12.4 Å². The number of alkyl halides is 3. The van der Waals surface area contributed by atoms with E-state index in [0.717, 1.165) is 6.07 Å². The van der Waals surface area contributed by atoms with Crippen LogP contribution in [-0.2, 0) is 6.18 Å². The third-order valence-corrected chi connectivity index (χ3v) is 1.52. The van der Waals surface area contributed by atoms with Crippen molar-refractivity contribution < 1.29 is 13.2 Å². The number of anilines is 1. The Labute approximate surface area is 73.5 Å². The van der Waals surface area contributed by atoms with E-state index in [9.17, 15) is 13.2 Å². The van der Waals surface area contributed by atoms with Gasteiger partial charge in [-0.2, -0.15) is 13.2 Å². The molecule has 0 saturated heterocycles. The average Bonchev–Trinajstić information content (AvgIpc) is 2.04. The van der Waals surface area contributed by atoms with E-state index in [4.69, 9.17) is 5.73 Å². The Kier molecular flexibility index (Phi) is 2.77. The zero-order valence-electron chi connectivity index (χ0n) is 6.73. The summed E-state index contributed by atoms with van der Waals surface area (Å²) in [7, 11) is 0. The molecule has 0 amide bonds. The molecule has 5 heteroatoms. The normalized spacial score (nSPS) is 11.4. The van der Waals surface area contributed by atoms with Crippen LogP contribution in [0, 0.1) is 0 Å². The van der Waals surface area contributed by atoms with Gasteiger partial charge in [0.05, 0.1) is 12.2 Å². The van der Waals surface area contributed by atoms with E-state index in [1.807, 2.05) is 0 Å². The molecule has 0 atom stereocenters. The van der Waals surface area contributed by atoms with Crippen LogP contribution < -0.4 is 11.1 Å². The van der Waals surface area contributed by atoms with Gasteiger partial charge in [0.1, 0.15) is 0 Å². The average molecular weight is 190 g/mol. The van der Waals surface area contributed by atoms with E-state index in [2.05, 4.69) is 5.32 Å². The molecule has 0 bridgehead atoms. The Bertz CT molecular complexity index is 283. The number of para-hydroxylation sites is 1. The molecule has 0 saturated carbocycles. The topological polar surface area (TPSA) is 38.0 Å². The van der Waals surface area contributed by atoms with Gasteiger partial charge in [0.25, 0.3) is 0 Å². The molecule has 2 nitrogen and oxygen atoms in total. The molecule has 13 heavy (non-hydrogen) atoms. The molecule has 0 aliphatic rings. The summed E-state index contributed by atoms with van der Waals surface area (Å²) < 4.78 is 36.9. The molecule has 1 rings (SSSR count). The second-order valence-electron chi connectivity index (χ2n) is 2.42. The molecule has 72 valence electrons. The van der Waals surface area contributed by atoms with E-state index in [1.165, 1.54) is 18.2 Å². The van der Waals surface area contributed by atoms with Crippen molar-refractivity contribution in [2.75, 3.05) is 12.0 Å². The van der Waals surface area contributed by atoms with Crippen molar-refractivity contribution in [3.63, 3.8) is 0 Å². The molecule has 0 fully saturated rings. The summed E-state index contributed by atoms with van der Waals surface area (Å²) in [6.07, 6.45) is -4.33. The number of nitrogens with one attached hydrogen (secondary N) is 1. The number of halogens is 3. The first kappa shape index (κ1) is 9.85. The van der Waals surface area contributed by atoms with Gasteiger partial charge < -0.3 is 11.1 Å². The van der Waals surface area contributed by atoms with Crippen LogP contribution in [0.15, 0.2) is 24.3 Å². The molecular weight excluding hydrogens is 181 g/mol. The SMILES string of the molecule is NCNc1ccccc1C(F)(F)F. The highest BCUT2D eigenvalue weighted by Crippen LogP contribution is 2.34. The van der Waals surface area contributed by atoms with Gasteiger partial charge >= 0.3 is 6.18 Å². The summed E-state index contributed by atoms with van der Waals surface area (Å²) in [5, 5.41) is 2.44. The van der Waals surface area contributed by atoms with Crippen molar-refractivity contribution >= 4 is 5.69 Å². The van der Waals surface area contributed by atoms with Gasteiger partial charge in [0.15, 0.2) is 0 Å². The van der Waals surface area contributed by atoms with Gasteiger partial charge in [-0.05, 0) is 12.1 Å². The summed E-state index contributed by atoms with van der Waals surface area (Å²) in [6.45, 7) is -0.0207. The largest absolute Gasteiger partial charge is 0.418 e. The van der Waals surface area contributed by atoms with Gasteiger partial charge in [-0.3, -0.25) is 0 Å². The minimum Gasteiger partial charge on any atom is -0.372 e. The van der Waals surface area contributed by atoms with E-state index in [1.54, 1.807) is 0 Å². The second-order valence-corrected chi connectivity index (χ2v) is 2.42. The maximum atomic E-state index is 12.3. The molecule has 0 aromatic heterocycles. The monoisotopic (exact) mass is 190 g/mol. The lowest BCUT2D eigenvalue weighted by atomic mass is 10.2. The van der Waals surface area contributed by atoms with Gasteiger partial charge in [-0.25, -0.2) is 0 Å². The third kappa shape index (κ3) is 2.35. The van der Waals surface area contributed by atoms with Crippen molar-refractivity contribution in [1.29, 1.82) is 0 Å². The summed E-state index contributed by atoms with van der Waals surface area (Å²) in [6, 6.07) is 5.21. The van der Waals surface area contributed by atoms with Gasteiger partial charge in [0, 0.05) is 5.69 Å². The summed E-state index contributed by atoms with van der Waals surface area (Å²) in [5.41, 5.74) is 4.41. The molecule has 0 radical (unpaired) electrons. The zero-order chi connectivity index (χ0) is 9.90. The van der Waals surface area contributed by atoms with Crippen LogP contribution in [0.2, 0.25) is 0 Å². The maximum absolute atomic E-state index is 12.3. The highest BCUT2D eigenvalue weighted by molar-refractivity contribution is 5.52. The predicted octanol–water partition coefficient (Wildman–Crippen LogP) is 2.03. The van der Waals surface area contributed by atoms with E-state index < -0.39 is 11.7 Å². The van der Waals surface area contributed by atoms with Crippen LogP contribution in [0.3, 0.4) is 0 Å². The molecule has 0 heterocycles. The minimum absolute atomic E-state index is 0.0116. The van der Waals surface area contributed by atoms with E-state index >= 15 is 0 Å². The van der Waals surface area contributed by atoms with E-state index in [0.29, 0.717) is 0 Å². The second kappa shape index (κ2) is 3.66. The zero-order valence-corrected chi connectivity index (χ0v) is 6.73. The quantitative estimate of drug-likeness (QED) is 0.700. The summed E-state index contributed by atoms with van der Waals surface area (Å²) in [4.78, 5) is 0. The van der Waals surface area contributed by atoms with Crippen molar-refractivity contribution in [2.24, 2.45) is 5.73 Å². The van der Waals surface area contributed by atoms with Crippen molar-refractivity contribution in [2.45, 2.75) is 6.18 Å². The highest BCUT2D eigenvalue weighted by Gasteiger charge is 2.32. The van der Waals surface area contributed by atoms with Crippen LogP contribution >= 0.6 is 0 Å². The van der Waals surface area contributed by atoms with Gasteiger partial charge in [-0.15, -0.1) is 0 Å². The van der Waals surface area contributed by atoms with Gasteiger partial charge in [-0.1, -0.05) is 12.1 Å². The highest BCUT2D eigenvalue weighted by atomic mass is 19.4. The Hall–Kier alpha value is -1.23. The van der Waals surface area contributed by atoms with Crippen molar-refractivity contribution in [3.8, 4) is 0 Å². The predicted molar refractivity (Wildman–Crippen MR) is 44.1 cm³/mol. The molecule has 3 N–H and O–H groups in total. The van der Waals surface area contributed by atoms with Crippen LogP contribution in [0.4, 0.5) is 18.9 Å². The smallest absolute Gasteiger partial charge is 0.372 e. The summed E-state index contributed by atoms with van der Waals surface area (Å²) >= 11 is 0. The Morgan fingerprint density at radius 3 is 2.38 bits per heavy atom. The van der Waals surface area contributed by atoms with Crippen molar-refractivity contribution in [1.82, 2.24) is 0 Å². The minimum atomic E-state index is -4.33. The molecule has 1 aromatic carbocycles. The fourth-order valence-electron chi connectivity index (χ4n) is 0.994. The molecular formula is C8H9F3N2. The Morgan fingerprint density at radius 1 is 1.23 bits per heavy atom. The van der Waals surface area contributed by atoms with Crippen LogP contribution in [-0.4, -0.2) is 6.67 Å². The molecule has 1 aromatic rings. The number of hydrogen-bond donors (Lipinski definition) is 2. The lowest BCUT2D eigenvalue weighted by molar-refractivity contribution is -0.136. The standard InChI is InChI=1S/C8H9F3N2/c9-8(10,11)6-3-1-2-4-7(6)13-5-12/h1-4,13H,5,12H2. The van der Waals surface area contributed by atoms with Crippen LogP contribution in [0.1, 0.15) is 5.56 Å². The summed E-state index contributed by atoms with van der Waals surface area (Å²) in [5.74, 6) is 0. The molecule has 0 unspecified atom stereocenters. The van der Waals surface area contributed by atoms with Crippen molar-refractivity contribution in [3.05, 3.63) is 29.8 Å². The molecule has 0 spiro atoms. The first-order valence-corrected chi connectivity index (χ1v) is 3.66. The molecule has 0 aliphatic carbocycles. The maximum Gasteiger partial charge on any atom is 0.418 e. The lowest BCUT2D eigenvalue weighted by Gasteiger charge is -2.12. The number of benzene rings is 1. The number of rotatable bonds is 2. The van der Waals surface area contributed by atoms with Crippen LogP contribution in [0.25, 0.3) is 0 Å². The number of nitrogens with two attached hydrogens (primary N) is 1. The Morgan fingerprint density at radius 2 is 1.85 bits per heavy atom. The Balaban J connectivity index is 3.05.